The van der Waals surface area contributed by atoms with Crippen molar-refractivity contribution in [2.75, 3.05) is 6.61 Å². The number of nitrogens with zero attached hydrogens (tertiary/aromatic N) is 2. The number of carbonyl (C=O) groups is 2. The summed E-state index contributed by atoms with van der Waals surface area (Å²) < 4.78 is 7.12. The summed E-state index contributed by atoms with van der Waals surface area (Å²) in [6, 6.07) is 15.7. The van der Waals surface area contributed by atoms with Crippen molar-refractivity contribution in [1.29, 1.82) is 0 Å². The maximum absolute atomic E-state index is 12.7. The molecule has 0 radical (unpaired) electrons. The lowest BCUT2D eigenvalue weighted by Gasteiger charge is -2.05. The van der Waals surface area contributed by atoms with Crippen molar-refractivity contribution in [2.24, 2.45) is 4.99 Å². The number of benzene rings is 2. The van der Waals surface area contributed by atoms with E-state index in [1.165, 1.54) is 11.8 Å². The number of para-hydroxylation sites is 1. The minimum Gasteiger partial charge on any atom is -0.506 e. The number of fused-ring (bicyclic) bond motifs is 1. The van der Waals surface area contributed by atoms with Crippen molar-refractivity contribution in [2.45, 2.75) is 39.3 Å². The van der Waals surface area contributed by atoms with E-state index in [9.17, 15) is 14.7 Å². The Labute approximate surface area is 213 Å². The molecule has 36 heavy (non-hydrogen) atoms. The van der Waals surface area contributed by atoms with Crippen molar-refractivity contribution >= 4 is 51.3 Å². The van der Waals surface area contributed by atoms with E-state index in [-0.39, 0.29) is 30.4 Å². The van der Waals surface area contributed by atoms with Crippen LogP contribution in [-0.4, -0.2) is 39.2 Å². The number of aliphatic hydroxyl groups is 1. The quantitative estimate of drug-likeness (QED) is 0.422. The smallest absolute Gasteiger partial charge is 0.344 e. The van der Waals surface area contributed by atoms with Crippen LogP contribution in [0.3, 0.4) is 0 Å². The Hall–Kier alpha value is -3.78. The molecule has 0 unspecified atom stereocenters. The number of rotatable bonds is 7. The van der Waals surface area contributed by atoms with Crippen LogP contribution in [0.1, 0.15) is 30.9 Å². The second-order valence-corrected chi connectivity index (χ2v) is 9.91. The van der Waals surface area contributed by atoms with Crippen molar-refractivity contribution < 1.29 is 19.4 Å². The summed E-state index contributed by atoms with van der Waals surface area (Å²) in [6.07, 6.45) is 5.80. The molecule has 3 aromatic rings. The Morgan fingerprint density at radius 1 is 1.19 bits per heavy atom. The van der Waals surface area contributed by atoms with Gasteiger partial charge in [0.1, 0.15) is 22.9 Å². The van der Waals surface area contributed by atoms with Gasteiger partial charge in [0, 0.05) is 28.7 Å². The highest BCUT2D eigenvalue weighted by Crippen LogP contribution is 2.41. The number of aliphatic hydroxyl groups excluding tert-OH is 1. The van der Waals surface area contributed by atoms with Gasteiger partial charge in [0.2, 0.25) is 5.91 Å². The summed E-state index contributed by atoms with van der Waals surface area (Å²) in [7, 11) is 0. The highest BCUT2D eigenvalue weighted by molar-refractivity contribution is 8.18. The molecule has 184 valence electrons. The lowest BCUT2D eigenvalue weighted by molar-refractivity contribution is -0.138. The number of esters is 1. The van der Waals surface area contributed by atoms with Gasteiger partial charge in [0.15, 0.2) is 0 Å². The minimum absolute atomic E-state index is 0.0208. The fraction of sp³-hybridized carbons (Fsp3) is 0.250. The average Bonchev–Trinajstić information content (AvgIpc) is 3.53. The number of amides is 1. The second kappa shape index (κ2) is 10.1. The number of aryl methyl sites for hydroxylation is 1. The highest BCUT2D eigenvalue weighted by Gasteiger charge is 2.33. The highest BCUT2D eigenvalue weighted by atomic mass is 32.2. The average molecular weight is 502 g/mol. The molecule has 8 heteroatoms. The van der Waals surface area contributed by atoms with E-state index in [1.807, 2.05) is 72.3 Å². The molecule has 1 aromatic heterocycles. The molecule has 2 aliphatic rings. The summed E-state index contributed by atoms with van der Waals surface area (Å²) in [5.74, 6) is -0.795. The van der Waals surface area contributed by atoms with Crippen molar-refractivity contribution in [3.8, 4) is 0 Å². The first-order chi connectivity index (χ1) is 17.4. The number of hydrogen-bond donors (Lipinski definition) is 2. The number of nitrogens with one attached hydrogen (secondary N) is 1. The van der Waals surface area contributed by atoms with Gasteiger partial charge in [-0.1, -0.05) is 47.7 Å². The lowest BCUT2D eigenvalue weighted by Crippen LogP contribution is -2.29. The Bertz CT molecular complexity index is 1430. The number of hydrogen-bond acceptors (Lipinski definition) is 6. The molecule has 2 aromatic carbocycles. The van der Waals surface area contributed by atoms with E-state index < -0.39 is 5.97 Å². The Morgan fingerprint density at radius 3 is 2.67 bits per heavy atom. The third-order valence-electron chi connectivity index (χ3n) is 6.00. The van der Waals surface area contributed by atoms with E-state index in [0.29, 0.717) is 21.7 Å². The minimum atomic E-state index is -0.615. The maximum Gasteiger partial charge on any atom is 0.344 e. The molecule has 1 amide bonds. The molecular weight excluding hydrogens is 474 g/mol. The van der Waals surface area contributed by atoms with Crippen LogP contribution < -0.4 is 5.32 Å². The third kappa shape index (κ3) is 5.09. The normalized spacial score (nSPS) is 17.8. The largest absolute Gasteiger partial charge is 0.506 e. The predicted molar refractivity (Wildman–Crippen MR) is 143 cm³/mol. The van der Waals surface area contributed by atoms with Gasteiger partial charge in [0.25, 0.3) is 0 Å². The molecule has 1 fully saturated rings. The summed E-state index contributed by atoms with van der Waals surface area (Å²) in [5.41, 5.74) is 3.59. The van der Waals surface area contributed by atoms with Crippen LogP contribution in [0.25, 0.3) is 17.0 Å². The molecule has 0 atom stereocenters. The van der Waals surface area contributed by atoms with Crippen molar-refractivity contribution in [3.05, 3.63) is 82.1 Å². The Balaban J connectivity index is 1.52. The summed E-state index contributed by atoms with van der Waals surface area (Å²) in [6.45, 7) is 4.11. The molecule has 1 aliphatic heterocycles. The Morgan fingerprint density at radius 2 is 1.94 bits per heavy atom. The lowest BCUT2D eigenvalue weighted by atomic mass is 10.1. The molecular formula is C28H27N3O4S. The zero-order chi connectivity index (χ0) is 25.2. The molecule has 1 aliphatic carbocycles. The van der Waals surface area contributed by atoms with Gasteiger partial charge < -0.3 is 19.7 Å². The number of carbonyl (C=O) groups excluding carboxylic acids is 2. The second-order valence-electron chi connectivity index (χ2n) is 8.88. The Kier molecular flexibility index (Phi) is 6.69. The van der Waals surface area contributed by atoms with Crippen LogP contribution in [0.4, 0.5) is 5.69 Å². The fourth-order valence-electron chi connectivity index (χ4n) is 4.05. The summed E-state index contributed by atoms with van der Waals surface area (Å²) in [5, 5.41) is 15.4. The monoisotopic (exact) mass is 501 g/mol. The van der Waals surface area contributed by atoms with Crippen LogP contribution in [0.2, 0.25) is 0 Å². The molecule has 0 bridgehead atoms. The first-order valence-electron chi connectivity index (χ1n) is 12.0. The summed E-state index contributed by atoms with van der Waals surface area (Å²) >= 11 is 1.22. The number of thioether (sulfide) groups is 1. The van der Waals surface area contributed by atoms with Crippen LogP contribution in [-0.2, 0) is 20.9 Å². The SMILES string of the molecule is CCOC(=O)C1=C(O)/C(=C/c2cn(CC(=O)NC3CC3)c3ccccc23)SC1=Nc1ccc(C)cc1. The topological polar surface area (TPSA) is 92.9 Å². The predicted octanol–water partition coefficient (Wildman–Crippen LogP) is 5.42. The molecule has 1 saturated carbocycles. The summed E-state index contributed by atoms with van der Waals surface area (Å²) in [4.78, 5) is 30.3. The van der Waals surface area contributed by atoms with Crippen LogP contribution >= 0.6 is 11.8 Å². The van der Waals surface area contributed by atoms with E-state index in [1.54, 1.807) is 6.92 Å². The van der Waals surface area contributed by atoms with Gasteiger partial charge in [0.05, 0.1) is 17.2 Å². The zero-order valence-electron chi connectivity index (χ0n) is 20.2. The van der Waals surface area contributed by atoms with Crippen molar-refractivity contribution in [3.63, 3.8) is 0 Å². The van der Waals surface area contributed by atoms with Crippen molar-refractivity contribution in [1.82, 2.24) is 9.88 Å². The maximum atomic E-state index is 12.7. The van der Waals surface area contributed by atoms with Crippen LogP contribution in [0, 0.1) is 6.92 Å². The first kappa shape index (κ1) is 23.9. The van der Waals surface area contributed by atoms with Crippen LogP contribution in [0.5, 0.6) is 0 Å². The molecule has 0 spiro atoms. The molecule has 5 rings (SSSR count). The standard InChI is InChI=1S/C28H27N3O4S/c1-3-35-28(34)25-26(33)23(36-27(25)30-20-10-8-17(2)9-11-20)14-18-15-31(16-24(32)29-19-12-13-19)22-7-5-4-6-21(18)22/h4-11,14-15,19,33H,3,12-13,16H2,1-2H3,(H,29,32)/b23-14-,30-27?. The molecule has 0 saturated heterocycles. The van der Waals surface area contributed by atoms with Gasteiger partial charge in [-0.3, -0.25) is 4.79 Å². The molecule has 7 nitrogen and oxygen atoms in total. The number of aliphatic imine (C=N–C) groups is 1. The van der Waals surface area contributed by atoms with E-state index in [2.05, 4.69) is 10.3 Å². The third-order valence-corrected chi connectivity index (χ3v) is 7.02. The van der Waals surface area contributed by atoms with Gasteiger partial charge in [-0.2, -0.15) is 0 Å². The number of ether oxygens (including phenoxy) is 1. The van der Waals surface area contributed by atoms with Gasteiger partial charge in [-0.25, -0.2) is 9.79 Å². The number of aromatic nitrogens is 1. The van der Waals surface area contributed by atoms with E-state index >= 15 is 0 Å². The van der Waals surface area contributed by atoms with E-state index in [4.69, 9.17) is 4.74 Å². The molecule has 2 N–H and O–H groups in total. The molecule has 2 heterocycles. The van der Waals surface area contributed by atoms with Gasteiger partial charge >= 0.3 is 5.97 Å². The first-order valence-corrected chi connectivity index (χ1v) is 12.8. The zero-order valence-corrected chi connectivity index (χ0v) is 21.0. The fourth-order valence-corrected chi connectivity index (χ4v) is 5.07. The van der Waals surface area contributed by atoms with Gasteiger partial charge in [-0.15, -0.1) is 0 Å². The van der Waals surface area contributed by atoms with Crippen LogP contribution in [0.15, 0.2) is 76.0 Å². The van der Waals surface area contributed by atoms with Gasteiger partial charge in [-0.05, 0) is 51.0 Å². The van der Waals surface area contributed by atoms with E-state index in [0.717, 1.165) is 34.9 Å².